The molecule has 0 saturated heterocycles. The number of nitro groups is 1. The minimum Gasteiger partial charge on any atom is -0.454 e. The molecular formula is C20H22N3O5+. The fraction of sp³-hybridized carbons (Fsp3) is 0.250. The summed E-state index contributed by atoms with van der Waals surface area (Å²) in [5.74, 6) is 0.409. The Morgan fingerprint density at radius 3 is 2.46 bits per heavy atom. The SMILES string of the molecule is C[NH+](C)Cc1ccc(CNC(=O)/C=C/c2cc3c(cc2[N+](=O)[O-])OCO3)cc1. The Morgan fingerprint density at radius 1 is 1.18 bits per heavy atom. The third-order valence-corrected chi connectivity index (χ3v) is 4.18. The predicted molar refractivity (Wildman–Crippen MR) is 103 cm³/mol. The van der Waals surface area contributed by atoms with Crippen LogP contribution in [0.2, 0.25) is 0 Å². The van der Waals surface area contributed by atoms with E-state index in [9.17, 15) is 14.9 Å². The molecule has 1 heterocycles. The third kappa shape index (κ3) is 4.86. The van der Waals surface area contributed by atoms with E-state index in [2.05, 4.69) is 19.4 Å². The van der Waals surface area contributed by atoms with Crippen molar-refractivity contribution in [2.24, 2.45) is 0 Å². The second kappa shape index (κ2) is 8.53. The van der Waals surface area contributed by atoms with Gasteiger partial charge >= 0.3 is 0 Å². The molecule has 146 valence electrons. The Kier molecular flexibility index (Phi) is 5.90. The predicted octanol–water partition coefficient (Wildman–Crippen LogP) is 1.30. The Hall–Kier alpha value is -3.39. The minimum absolute atomic E-state index is 0.0226. The Labute approximate surface area is 162 Å². The zero-order valence-corrected chi connectivity index (χ0v) is 15.7. The van der Waals surface area contributed by atoms with Crippen LogP contribution in [-0.2, 0) is 17.9 Å². The summed E-state index contributed by atoms with van der Waals surface area (Å²) in [7, 11) is 4.18. The van der Waals surface area contributed by atoms with Crippen LogP contribution in [0.25, 0.3) is 6.08 Å². The lowest BCUT2D eigenvalue weighted by atomic mass is 10.1. The standard InChI is InChI=1S/C20H21N3O5/c1-22(2)12-15-5-3-14(4-6-15)11-21-20(24)8-7-16-9-18-19(28-13-27-18)10-17(16)23(25)26/h3-10H,11-13H2,1-2H3,(H,21,24)/p+1/b8-7+. The number of nitrogens with zero attached hydrogens (tertiary/aromatic N) is 1. The van der Waals surface area contributed by atoms with E-state index < -0.39 is 4.92 Å². The Morgan fingerprint density at radius 2 is 1.82 bits per heavy atom. The lowest BCUT2D eigenvalue weighted by molar-refractivity contribution is -0.872. The van der Waals surface area contributed by atoms with E-state index in [1.807, 2.05) is 24.3 Å². The molecule has 0 bridgehead atoms. The molecule has 3 rings (SSSR count). The average Bonchev–Trinajstić information content (AvgIpc) is 3.12. The second-order valence-electron chi connectivity index (χ2n) is 6.77. The van der Waals surface area contributed by atoms with Crippen LogP contribution in [0, 0.1) is 10.1 Å². The summed E-state index contributed by atoms with van der Waals surface area (Å²) in [6.45, 7) is 1.33. The van der Waals surface area contributed by atoms with Crippen LogP contribution in [0.4, 0.5) is 5.69 Å². The highest BCUT2D eigenvalue weighted by Crippen LogP contribution is 2.38. The monoisotopic (exact) mass is 384 g/mol. The molecular weight excluding hydrogens is 362 g/mol. The maximum Gasteiger partial charge on any atom is 0.280 e. The van der Waals surface area contributed by atoms with E-state index in [-0.39, 0.29) is 24.0 Å². The highest BCUT2D eigenvalue weighted by Gasteiger charge is 2.22. The number of nitrogens with one attached hydrogen (secondary N) is 2. The van der Waals surface area contributed by atoms with E-state index >= 15 is 0 Å². The first-order valence-electron chi connectivity index (χ1n) is 8.83. The largest absolute Gasteiger partial charge is 0.454 e. The van der Waals surface area contributed by atoms with Crippen LogP contribution in [-0.4, -0.2) is 31.7 Å². The summed E-state index contributed by atoms with van der Waals surface area (Å²) in [5, 5.41) is 14.0. The molecule has 0 aliphatic carbocycles. The van der Waals surface area contributed by atoms with Crippen LogP contribution in [0.5, 0.6) is 11.5 Å². The van der Waals surface area contributed by atoms with Crippen molar-refractivity contribution in [2.45, 2.75) is 13.1 Å². The molecule has 1 aliphatic rings. The highest BCUT2D eigenvalue weighted by atomic mass is 16.7. The van der Waals surface area contributed by atoms with Crippen molar-refractivity contribution in [3.8, 4) is 11.5 Å². The van der Waals surface area contributed by atoms with Gasteiger partial charge in [0, 0.05) is 18.2 Å². The van der Waals surface area contributed by atoms with Gasteiger partial charge in [0.05, 0.1) is 30.6 Å². The summed E-state index contributed by atoms with van der Waals surface area (Å²) in [4.78, 5) is 24.2. The maximum absolute atomic E-state index is 12.1. The number of hydrogen-bond donors (Lipinski definition) is 2. The van der Waals surface area contributed by atoms with Gasteiger partial charge in [0.2, 0.25) is 12.7 Å². The first kappa shape index (κ1) is 19.4. The van der Waals surface area contributed by atoms with Gasteiger partial charge in [-0.2, -0.15) is 0 Å². The first-order valence-corrected chi connectivity index (χ1v) is 8.83. The molecule has 0 saturated carbocycles. The summed E-state index contributed by atoms with van der Waals surface area (Å²) >= 11 is 0. The van der Waals surface area contributed by atoms with Crippen LogP contribution in [0.15, 0.2) is 42.5 Å². The first-order chi connectivity index (χ1) is 13.4. The molecule has 0 radical (unpaired) electrons. The molecule has 0 fully saturated rings. The van der Waals surface area contributed by atoms with Crippen molar-refractivity contribution in [2.75, 3.05) is 20.9 Å². The van der Waals surface area contributed by atoms with E-state index in [0.29, 0.717) is 18.0 Å². The van der Waals surface area contributed by atoms with Crippen LogP contribution in [0.1, 0.15) is 16.7 Å². The van der Waals surface area contributed by atoms with Gasteiger partial charge in [-0.25, -0.2) is 0 Å². The van der Waals surface area contributed by atoms with E-state index in [4.69, 9.17) is 9.47 Å². The van der Waals surface area contributed by atoms with Gasteiger partial charge in [0.25, 0.3) is 5.69 Å². The topological polar surface area (TPSA) is 95.1 Å². The molecule has 0 atom stereocenters. The molecule has 8 heteroatoms. The van der Waals surface area contributed by atoms with E-state index in [1.54, 1.807) is 0 Å². The number of quaternary nitrogens is 1. The molecule has 1 amide bonds. The number of nitro benzene ring substituents is 1. The highest BCUT2D eigenvalue weighted by molar-refractivity contribution is 5.92. The molecule has 2 aromatic carbocycles. The van der Waals surface area contributed by atoms with Gasteiger partial charge in [-0.05, 0) is 17.7 Å². The fourth-order valence-electron chi connectivity index (χ4n) is 2.84. The Bertz CT molecular complexity index is 907. The summed E-state index contributed by atoms with van der Waals surface area (Å²) in [6, 6.07) is 10.8. The fourth-order valence-corrected chi connectivity index (χ4v) is 2.84. The number of carbonyl (C=O) groups excluding carboxylic acids is 1. The smallest absolute Gasteiger partial charge is 0.280 e. The van der Waals surface area contributed by atoms with Gasteiger partial charge in [0.1, 0.15) is 6.54 Å². The quantitative estimate of drug-likeness (QED) is 0.426. The molecule has 0 spiro atoms. The summed E-state index contributed by atoms with van der Waals surface area (Å²) < 4.78 is 10.4. The molecule has 28 heavy (non-hydrogen) atoms. The lowest BCUT2D eigenvalue weighted by Crippen LogP contribution is -3.04. The number of benzene rings is 2. The number of amides is 1. The molecule has 0 unspecified atom stereocenters. The normalized spacial score (nSPS) is 12.5. The lowest BCUT2D eigenvalue weighted by Gasteiger charge is -2.08. The summed E-state index contributed by atoms with van der Waals surface area (Å²) in [6.07, 6.45) is 2.67. The number of rotatable bonds is 7. The van der Waals surface area contributed by atoms with Crippen LogP contribution >= 0.6 is 0 Å². The maximum atomic E-state index is 12.1. The molecule has 1 aliphatic heterocycles. The number of ether oxygens (including phenoxy) is 2. The second-order valence-corrected chi connectivity index (χ2v) is 6.77. The number of fused-ring (bicyclic) bond motifs is 1. The minimum atomic E-state index is -0.517. The van der Waals surface area contributed by atoms with Crippen molar-refractivity contribution in [1.29, 1.82) is 0 Å². The zero-order chi connectivity index (χ0) is 20.1. The van der Waals surface area contributed by atoms with Crippen LogP contribution in [0.3, 0.4) is 0 Å². The van der Waals surface area contributed by atoms with E-state index in [0.717, 1.165) is 12.1 Å². The van der Waals surface area contributed by atoms with Crippen LogP contribution < -0.4 is 19.7 Å². The van der Waals surface area contributed by atoms with Gasteiger partial charge in [-0.1, -0.05) is 24.3 Å². The summed E-state index contributed by atoms with van der Waals surface area (Å²) in [5.41, 5.74) is 2.34. The Balaban J connectivity index is 1.62. The molecule has 0 aromatic heterocycles. The number of hydrogen-bond acceptors (Lipinski definition) is 5. The number of carbonyl (C=O) groups is 1. The third-order valence-electron chi connectivity index (χ3n) is 4.18. The van der Waals surface area contributed by atoms with Crippen molar-refractivity contribution in [1.82, 2.24) is 5.32 Å². The van der Waals surface area contributed by atoms with Gasteiger partial charge in [0.15, 0.2) is 11.5 Å². The molecule has 2 aromatic rings. The van der Waals surface area contributed by atoms with Crippen molar-refractivity contribution in [3.05, 3.63) is 69.3 Å². The van der Waals surface area contributed by atoms with Gasteiger partial charge in [-0.3, -0.25) is 14.9 Å². The molecule has 2 N–H and O–H groups in total. The van der Waals surface area contributed by atoms with Gasteiger partial charge in [-0.15, -0.1) is 0 Å². The zero-order valence-electron chi connectivity index (χ0n) is 15.7. The molecule has 8 nitrogen and oxygen atoms in total. The van der Waals surface area contributed by atoms with E-state index in [1.165, 1.54) is 34.7 Å². The average molecular weight is 384 g/mol. The van der Waals surface area contributed by atoms with Crippen molar-refractivity contribution >= 4 is 17.7 Å². The van der Waals surface area contributed by atoms with Gasteiger partial charge < -0.3 is 19.7 Å². The van der Waals surface area contributed by atoms with Crippen molar-refractivity contribution < 1.29 is 24.1 Å². The van der Waals surface area contributed by atoms with Crippen molar-refractivity contribution in [3.63, 3.8) is 0 Å².